The van der Waals surface area contributed by atoms with E-state index in [1.807, 2.05) is 12.1 Å². The second kappa shape index (κ2) is 14.6. The predicted octanol–water partition coefficient (Wildman–Crippen LogP) is 6.48. The molecule has 1 aromatic heterocycles. The molecule has 12 heteroatoms. The fourth-order valence-corrected chi connectivity index (χ4v) is 10.7. The molecule has 1 atom stereocenters. The number of fused-ring (bicyclic) bond motifs is 7. The van der Waals surface area contributed by atoms with Gasteiger partial charge in [0.05, 0.1) is 27.6 Å². The van der Waals surface area contributed by atoms with E-state index in [2.05, 4.69) is 65.2 Å². The van der Waals surface area contributed by atoms with Crippen LogP contribution in [0, 0.1) is 11.7 Å². The Hall–Kier alpha value is -4.42. The number of amides is 3. The number of carbonyl (C=O) groups excluding carboxylic acids is 3. The number of hydrogen-bond donors (Lipinski definition) is 2. The number of carbonyl (C=O) groups is 3. The van der Waals surface area contributed by atoms with Gasteiger partial charge in [-0.2, -0.15) is 4.98 Å². The molecule has 4 heterocycles. The average molecular weight is 810 g/mol. The largest absolute Gasteiger partial charge is 0.369 e. The van der Waals surface area contributed by atoms with Gasteiger partial charge in [0.15, 0.2) is 0 Å². The Morgan fingerprint density at radius 1 is 0.927 bits per heavy atom. The third-order valence-electron chi connectivity index (χ3n) is 13.1. The van der Waals surface area contributed by atoms with E-state index < -0.39 is 23.7 Å². The van der Waals surface area contributed by atoms with Crippen molar-refractivity contribution >= 4 is 50.2 Å². The summed E-state index contributed by atoms with van der Waals surface area (Å²) in [6, 6.07) is 16.9. The summed E-state index contributed by atoms with van der Waals surface area (Å²) in [5.41, 5.74) is 5.14. The Bertz CT molecular complexity index is 2250. The van der Waals surface area contributed by atoms with E-state index in [0.717, 1.165) is 92.7 Å². The number of aromatic nitrogens is 2. The van der Waals surface area contributed by atoms with Gasteiger partial charge >= 0.3 is 0 Å². The molecular formula is C43H46BrFN6O4. The van der Waals surface area contributed by atoms with E-state index in [9.17, 15) is 19.2 Å². The highest BCUT2D eigenvalue weighted by Crippen LogP contribution is 2.52. The highest BCUT2D eigenvalue weighted by molar-refractivity contribution is 9.10. The highest BCUT2D eigenvalue weighted by Gasteiger charge is 2.46. The molecule has 3 aliphatic heterocycles. The van der Waals surface area contributed by atoms with Gasteiger partial charge < -0.3 is 10.2 Å². The van der Waals surface area contributed by atoms with E-state index >= 15 is 4.39 Å². The number of piperidine rings is 1. The Labute approximate surface area is 328 Å². The lowest BCUT2D eigenvalue weighted by Gasteiger charge is -2.39. The number of benzene rings is 3. The van der Waals surface area contributed by atoms with Gasteiger partial charge in [0.1, 0.15) is 17.7 Å². The van der Waals surface area contributed by atoms with Crippen molar-refractivity contribution in [3.63, 3.8) is 0 Å². The molecule has 1 unspecified atom stereocenters. The zero-order valence-corrected chi connectivity index (χ0v) is 32.5. The van der Waals surface area contributed by atoms with E-state index in [1.165, 1.54) is 48.2 Å². The van der Waals surface area contributed by atoms with Crippen LogP contribution in [0.4, 0.5) is 10.1 Å². The minimum absolute atomic E-state index is 0.115. The van der Waals surface area contributed by atoms with Gasteiger partial charge in [-0.1, -0.05) is 37.5 Å². The van der Waals surface area contributed by atoms with Gasteiger partial charge in [-0.05, 0) is 120 Å². The molecule has 55 heavy (non-hydrogen) atoms. The Balaban J connectivity index is 0.824. The lowest BCUT2D eigenvalue weighted by Crippen LogP contribution is -2.52. The van der Waals surface area contributed by atoms with Crippen LogP contribution in [0.25, 0.3) is 16.6 Å². The molecule has 0 radical (unpaired) electrons. The molecule has 1 spiro atoms. The average Bonchev–Trinajstić information content (AvgIpc) is 3.44. The summed E-state index contributed by atoms with van der Waals surface area (Å²) >= 11 is 3.64. The van der Waals surface area contributed by atoms with Crippen LogP contribution >= 0.6 is 15.9 Å². The second-order valence-corrected chi connectivity index (χ2v) is 17.1. The highest BCUT2D eigenvalue weighted by atomic mass is 79.9. The molecule has 9 rings (SSSR count). The van der Waals surface area contributed by atoms with Crippen LogP contribution < -0.4 is 21.1 Å². The van der Waals surface area contributed by atoms with Crippen LogP contribution in [0.2, 0.25) is 0 Å². The number of piperazine rings is 1. The van der Waals surface area contributed by atoms with Gasteiger partial charge in [0.2, 0.25) is 11.8 Å². The summed E-state index contributed by atoms with van der Waals surface area (Å²) in [6.07, 6.45) is 10.6. The molecule has 2 saturated heterocycles. The van der Waals surface area contributed by atoms with E-state index in [4.69, 9.17) is 4.98 Å². The SMILES string of the molecule is O=C1CCC(NC(=O)c2ccc(N3CCN(CC4CCC(c5ccc6c(c5)-n5c(nc(=O)c7c(Br)cccc75)C65CCCCC5)CC4)CC3)cc2F)C(=O)N1. The number of nitrogens with zero attached hydrogens (tertiary/aromatic N) is 4. The van der Waals surface area contributed by atoms with Crippen LogP contribution in [0.3, 0.4) is 0 Å². The Morgan fingerprint density at radius 3 is 2.45 bits per heavy atom. The molecule has 0 bridgehead atoms. The monoisotopic (exact) mass is 808 g/mol. The van der Waals surface area contributed by atoms with Crippen molar-refractivity contribution in [1.82, 2.24) is 25.1 Å². The van der Waals surface area contributed by atoms with Crippen molar-refractivity contribution < 1.29 is 18.8 Å². The van der Waals surface area contributed by atoms with Crippen molar-refractivity contribution in [2.45, 2.75) is 88.0 Å². The summed E-state index contributed by atoms with van der Waals surface area (Å²) in [5, 5.41) is 5.41. The smallest absolute Gasteiger partial charge is 0.281 e. The van der Waals surface area contributed by atoms with Crippen molar-refractivity contribution in [2.75, 3.05) is 37.6 Å². The molecule has 4 aromatic rings. The predicted molar refractivity (Wildman–Crippen MR) is 212 cm³/mol. The third-order valence-corrected chi connectivity index (χ3v) is 13.8. The quantitative estimate of drug-likeness (QED) is 0.214. The summed E-state index contributed by atoms with van der Waals surface area (Å²) in [7, 11) is 0. The molecular weight excluding hydrogens is 763 g/mol. The van der Waals surface area contributed by atoms with Crippen LogP contribution in [0.5, 0.6) is 0 Å². The van der Waals surface area contributed by atoms with Crippen LogP contribution in [-0.2, 0) is 15.0 Å². The number of rotatable bonds is 6. The first-order valence-electron chi connectivity index (χ1n) is 20.0. The molecule has 286 valence electrons. The van der Waals surface area contributed by atoms with Crippen LogP contribution in [-0.4, -0.2) is 70.9 Å². The third kappa shape index (κ3) is 6.58. The van der Waals surface area contributed by atoms with Gasteiger partial charge in [-0.3, -0.25) is 34.0 Å². The standard InChI is InChI=1S/C43H46BrFN6O4/c44-32-5-4-6-35-38(32)41(55)48-42-43(17-2-1-3-18-43)31-14-11-28(23-36(31)51(35)42)27-9-7-26(8-10-27)25-49-19-21-50(22-20-49)29-12-13-30(33(45)24-29)39(53)46-34-15-16-37(52)47-40(34)54/h4-6,11-14,23-24,26-27,34H,1-3,7-10,15-22,25H2,(H,46,53)(H,47,52,54). The molecule has 2 saturated carbocycles. The first-order valence-corrected chi connectivity index (χ1v) is 20.8. The summed E-state index contributed by atoms with van der Waals surface area (Å²) in [6.45, 7) is 4.41. The number of hydrogen-bond acceptors (Lipinski definition) is 7. The van der Waals surface area contributed by atoms with Gasteiger partial charge in [-0.15, -0.1) is 0 Å². The van der Waals surface area contributed by atoms with E-state index in [0.29, 0.717) is 17.2 Å². The topological polar surface area (TPSA) is 117 Å². The second-order valence-electron chi connectivity index (χ2n) is 16.3. The zero-order chi connectivity index (χ0) is 37.8. The van der Waals surface area contributed by atoms with E-state index in [1.54, 1.807) is 6.07 Å². The zero-order valence-electron chi connectivity index (χ0n) is 30.9. The first-order chi connectivity index (χ1) is 26.7. The normalized spacial score (nSPS) is 23.7. The Morgan fingerprint density at radius 2 is 1.71 bits per heavy atom. The Kier molecular flexibility index (Phi) is 9.61. The fourth-order valence-electron chi connectivity index (χ4n) is 10.1. The van der Waals surface area contributed by atoms with Crippen molar-refractivity contribution in [3.05, 3.63) is 97.8 Å². The molecule has 3 amide bonds. The fraction of sp³-hybridized carbons (Fsp3) is 0.465. The summed E-state index contributed by atoms with van der Waals surface area (Å²) in [4.78, 5) is 59.1. The molecule has 2 N–H and O–H groups in total. The first kappa shape index (κ1) is 36.2. The van der Waals surface area contributed by atoms with E-state index in [-0.39, 0.29) is 35.3 Å². The summed E-state index contributed by atoms with van der Waals surface area (Å²) < 4.78 is 18.2. The molecule has 5 aliphatic rings. The number of anilines is 1. The number of nitrogens with one attached hydrogen (secondary N) is 2. The lowest BCUT2D eigenvalue weighted by molar-refractivity contribution is -0.134. The number of imide groups is 1. The van der Waals surface area contributed by atoms with Gasteiger partial charge in [0.25, 0.3) is 11.5 Å². The molecule has 3 aromatic carbocycles. The van der Waals surface area contributed by atoms with Crippen LogP contribution in [0.1, 0.15) is 104 Å². The molecule has 10 nitrogen and oxygen atoms in total. The molecule has 2 aliphatic carbocycles. The lowest BCUT2D eigenvalue weighted by atomic mass is 9.69. The van der Waals surface area contributed by atoms with Crippen LogP contribution in [0.15, 0.2) is 63.9 Å². The van der Waals surface area contributed by atoms with Gasteiger partial charge in [0, 0.05) is 49.3 Å². The van der Waals surface area contributed by atoms with Crippen molar-refractivity contribution in [3.8, 4) is 5.69 Å². The van der Waals surface area contributed by atoms with Crippen molar-refractivity contribution in [2.24, 2.45) is 5.92 Å². The van der Waals surface area contributed by atoms with Gasteiger partial charge in [-0.25, -0.2) is 4.39 Å². The molecule has 4 fully saturated rings. The maximum absolute atomic E-state index is 15.1. The summed E-state index contributed by atoms with van der Waals surface area (Å²) in [5.74, 6) is -0.161. The maximum atomic E-state index is 15.1. The minimum atomic E-state index is -0.852. The maximum Gasteiger partial charge on any atom is 0.281 e. The van der Waals surface area contributed by atoms with Crippen molar-refractivity contribution in [1.29, 1.82) is 0 Å². The number of halogens is 2. The minimum Gasteiger partial charge on any atom is -0.369 e.